The van der Waals surface area contributed by atoms with Gasteiger partial charge in [-0.25, -0.2) is 0 Å². The molecule has 0 atom stereocenters. The number of furan rings is 1. The Kier molecular flexibility index (Phi) is 6.17. The van der Waals surface area contributed by atoms with Gasteiger partial charge in [0.15, 0.2) is 0 Å². The van der Waals surface area contributed by atoms with E-state index in [9.17, 15) is 0 Å². The Morgan fingerprint density at radius 3 is 1.89 bits per heavy atom. The first-order chi connectivity index (χ1) is 22.8. The normalized spacial score (nSPS) is 11.5. The molecule has 9 aromatic rings. The number of hydrogen-bond donors (Lipinski definition) is 0. The Balaban J connectivity index is 1.19. The first-order valence-electron chi connectivity index (χ1n) is 15.7. The van der Waals surface area contributed by atoms with Crippen molar-refractivity contribution in [3.05, 3.63) is 176 Å². The molecule has 2 heteroatoms. The molecule has 0 bridgehead atoms. The van der Waals surface area contributed by atoms with Crippen LogP contribution in [-0.4, -0.2) is 0 Å². The van der Waals surface area contributed by atoms with Crippen molar-refractivity contribution >= 4 is 60.5 Å². The summed E-state index contributed by atoms with van der Waals surface area (Å²) in [5, 5.41) is 7.28. The van der Waals surface area contributed by atoms with Gasteiger partial charge in [-0.3, -0.25) is 0 Å². The van der Waals surface area contributed by atoms with E-state index in [1.165, 1.54) is 32.7 Å². The van der Waals surface area contributed by atoms with Crippen LogP contribution in [0, 0.1) is 0 Å². The fourth-order valence-electron chi connectivity index (χ4n) is 6.81. The molecule has 1 aromatic heterocycles. The minimum absolute atomic E-state index is 0.912. The van der Waals surface area contributed by atoms with Crippen LogP contribution in [0.2, 0.25) is 0 Å². The van der Waals surface area contributed by atoms with Crippen molar-refractivity contribution in [3.63, 3.8) is 0 Å². The van der Waals surface area contributed by atoms with Crippen molar-refractivity contribution in [2.24, 2.45) is 0 Å². The van der Waals surface area contributed by atoms with Gasteiger partial charge >= 0.3 is 0 Å². The maximum atomic E-state index is 6.37. The maximum absolute atomic E-state index is 6.37. The van der Waals surface area contributed by atoms with Gasteiger partial charge in [-0.15, -0.1) is 0 Å². The summed E-state index contributed by atoms with van der Waals surface area (Å²) in [7, 11) is 0. The monoisotopic (exact) mass is 587 g/mol. The molecule has 0 radical (unpaired) electrons. The molecule has 0 aliphatic rings. The van der Waals surface area contributed by atoms with Crippen molar-refractivity contribution in [3.8, 4) is 22.3 Å². The second kappa shape index (κ2) is 10.8. The molecule has 8 aromatic carbocycles. The predicted molar refractivity (Wildman–Crippen MR) is 194 cm³/mol. The molecule has 46 heavy (non-hydrogen) atoms. The third-order valence-electron chi connectivity index (χ3n) is 9.04. The van der Waals surface area contributed by atoms with E-state index in [4.69, 9.17) is 4.42 Å². The lowest BCUT2D eigenvalue weighted by atomic mass is 10.00. The number of nitrogens with zero attached hydrogens (tertiary/aromatic N) is 1. The summed E-state index contributed by atoms with van der Waals surface area (Å²) in [6, 6.07) is 62.8. The standard InChI is InChI=1S/C44H29NO/c1-2-10-30(11-3-1)33-13-8-14-36(28-33)45(37-26-27-39-34(29-37)21-20-31-12-4-5-15-38(31)39)35-24-22-32(23-25-35)40-17-9-18-42-41-16-6-7-19-43(41)46-44(40)42/h1-29H. The highest BCUT2D eigenvalue weighted by Gasteiger charge is 2.16. The molecule has 0 aliphatic heterocycles. The molecule has 0 amide bonds. The molecular formula is C44H29NO. The average Bonchev–Trinajstić information content (AvgIpc) is 3.52. The first-order valence-corrected chi connectivity index (χ1v) is 15.7. The molecule has 9 rings (SSSR count). The van der Waals surface area contributed by atoms with Gasteiger partial charge in [-0.1, -0.05) is 133 Å². The van der Waals surface area contributed by atoms with E-state index in [-0.39, 0.29) is 0 Å². The Morgan fingerprint density at radius 1 is 0.348 bits per heavy atom. The quantitative estimate of drug-likeness (QED) is 0.186. The lowest BCUT2D eigenvalue weighted by molar-refractivity contribution is 0.670. The molecule has 0 aliphatic carbocycles. The molecule has 0 spiro atoms. The largest absolute Gasteiger partial charge is 0.455 e. The number of anilines is 3. The van der Waals surface area contributed by atoms with E-state index < -0.39 is 0 Å². The first kappa shape index (κ1) is 26.3. The van der Waals surface area contributed by atoms with Crippen molar-refractivity contribution in [1.82, 2.24) is 0 Å². The Labute approximate surface area is 267 Å². The van der Waals surface area contributed by atoms with Crippen molar-refractivity contribution < 1.29 is 4.42 Å². The van der Waals surface area contributed by atoms with Gasteiger partial charge < -0.3 is 9.32 Å². The van der Waals surface area contributed by atoms with Crippen LogP contribution in [0.5, 0.6) is 0 Å². The zero-order valence-electron chi connectivity index (χ0n) is 25.1. The van der Waals surface area contributed by atoms with Gasteiger partial charge in [0, 0.05) is 33.4 Å². The van der Waals surface area contributed by atoms with Gasteiger partial charge in [0.2, 0.25) is 0 Å². The van der Waals surface area contributed by atoms with Gasteiger partial charge in [0.05, 0.1) is 0 Å². The topological polar surface area (TPSA) is 16.4 Å². The molecule has 0 saturated carbocycles. The highest BCUT2D eigenvalue weighted by atomic mass is 16.3. The van der Waals surface area contributed by atoms with Crippen LogP contribution in [0.25, 0.3) is 65.7 Å². The van der Waals surface area contributed by atoms with E-state index in [2.05, 4.69) is 169 Å². The Morgan fingerprint density at radius 2 is 1.00 bits per heavy atom. The minimum atomic E-state index is 0.912. The van der Waals surface area contributed by atoms with Crippen LogP contribution >= 0.6 is 0 Å². The summed E-state index contributed by atoms with van der Waals surface area (Å²) in [4.78, 5) is 2.35. The van der Waals surface area contributed by atoms with Gasteiger partial charge in [0.1, 0.15) is 11.2 Å². The highest BCUT2D eigenvalue weighted by molar-refractivity contribution is 6.10. The predicted octanol–water partition coefficient (Wildman–Crippen LogP) is 12.7. The van der Waals surface area contributed by atoms with Crippen LogP contribution in [0.15, 0.2) is 180 Å². The van der Waals surface area contributed by atoms with Gasteiger partial charge in [-0.2, -0.15) is 0 Å². The molecule has 0 N–H and O–H groups in total. The van der Waals surface area contributed by atoms with Crippen LogP contribution in [-0.2, 0) is 0 Å². The zero-order chi connectivity index (χ0) is 30.5. The van der Waals surface area contributed by atoms with E-state index >= 15 is 0 Å². The summed E-state index contributed by atoms with van der Waals surface area (Å²) in [6.07, 6.45) is 0. The third-order valence-corrected chi connectivity index (χ3v) is 9.04. The van der Waals surface area contributed by atoms with E-state index in [1.54, 1.807) is 0 Å². The van der Waals surface area contributed by atoms with Crippen LogP contribution in [0.4, 0.5) is 17.1 Å². The second-order valence-electron chi connectivity index (χ2n) is 11.8. The van der Waals surface area contributed by atoms with Crippen LogP contribution in [0.3, 0.4) is 0 Å². The molecule has 1 heterocycles. The SMILES string of the molecule is c1ccc(-c2cccc(N(c3ccc(-c4cccc5c4oc4ccccc45)cc3)c3ccc4c(ccc5ccccc54)c3)c2)cc1. The Hall–Kier alpha value is -6.12. The number of para-hydroxylation sites is 2. The average molecular weight is 588 g/mol. The molecule has 2 nitrogen and oxygen atoms in total. The summed E-state index contributed by atoms with van der Waals surface area (Å²) < 4.78 is 6.37. The van der Waals surface area contributed by atoms with E-state index in [1.807, 2.05) is 12.1 Å². The highest BCUT2D eigenvalue weighted by Crippen LogP contribution is 2.41. The smallest absolute Gasteiger partial charge is 0.143 e. The summed E-state index contributed by atoms with van der Waals surface area (Å²) in [6.45, 7) is 0. The second-order valence-corrected chi connectivity index (χ2v) is 11.8. The molecule has 216 valence electrons. The maximum Gasteiger partial charge on any atom is 0.143 e. The number of hydrogen-bond acceptors (Lipinski definition) is 2. The molecule has 0 fully saturated rings. The summed E-state index contributed by atoms with van der Waals surface area (Å²) in [5.74, 6) is 0. The van der Waals surface area contributed by atoms with Gasteiger partial charge in [0.25, 0.3) is 0 Å². The fraction of sp³-hybridized carbons (Fsp3) is 0. The zero-order valence-corrected chi connectivity index (χ0v) is 25.1. The van der Waals surface area contributed by atoms with E-state index in [0.29, 0.717) is 0 Å². The van der Waals surface area contributed by atoms with Crippen molar-refractivity contribution in [1.29, 1.82) is 0 Å². The lowest BCUT2D eigenvalue weighted by Crippen LogP contribution is -2.10. The lowest BCUT2D eigenvalue weighted by Gasteiger charge is -2.27. The van der Waals surface area contributed by atoms with Crippen molar-refractivity contribution in [2.75, 3.05) is 4.90 Å². The van der Waals surface area contributed by atoms with E-state index in [0.717, 1.165) is 50.1 Å². The number of benzene rings is 8. The Bertz CT molecular complexity index is 2530. The summed E-state index contributed by atoms with van der Waals surface area (Å²) >= 11 is 0. The fourth-order valence-corrected chi connectivity index (χ4v) is 6.81. The summed E-state index contributed by atoms with van der Waals surface area (Å²) in [5.41, 5.74) is 9.74. The number of fused-ring (bicyclic) bond motifs is 6. The third kappa shape index (κ3) is 4.43. The number of rotatable bonds is 5. The van der Waals surface area contributed by atoms with Crippen LogP contribution in [0.1, 0.15) is 0 Å². The van der Waals surface area contributed by atoms with Crippen LogP contribution < -0.4 is 4.90 Å². The minimum Gasteiger partial charge on any atom is -0.455 e. The van der Waals surface area contributed by atoms with Gasteiger partial charge in [-0.05, 0) is 80.7 Å². The molecular weight excluding hydrogens is 558 g/mol. The molecule has 0 unspecified atom stereocenters. The van der Waals surface area contributed by atoms with Crippen molar-refractivity contribution in [2.45, 2.75) is 0 Å². The molecule has 0 saturated heterocycles.